The lowest BCUT2D eigenvalue weighted by molar-refractivity contribution is -0.131. The molecule has 2 aliphatic rings. The number of amides is 1. The van der Waals surface area contributed by atoms with E-state index in [4.69, 9.17) is 9.47 Å². The van der Waals surface area contributed by atoms with E-state index in [1.165, 1.54) is 12.1 Å². The summed E-state index contributed by atoms with van der Waals surface area (Å²) in [5.74, 6) is 0.743. The molecule has 0 atom stereocenters. The largest absolute Gasteiger partial charge is 0.486 e. The minimum atomic E-state index is -3.51. The summed E-state index contributed by atoms with van der Waals surface area (Å²) in [5, 5.41) is 0. The van der Waals surface area contributed by atoms with Crippen LogP contribution in [0.2, 0.25) is 0 Å². The van der Waals surface area contributed by atoms with E-state index in [1.54, 1.807) is 11.0 Å². The van der Waals surface area contributed by atoms with Gasteiger partial charge in [0.05, 0.1) is 10.6 Å². The predicted octanol–water partition coefficient (Wildman–Crippen LogP) is 1.63. The molecular formula is C16H21NO5S. The first-order chi connectivity index (χ1) is 11.1. The van der Waals surface area contributed by atoms with E-state index in [1.807, 2.05) is 0 Å². The lowest BCUT2D eigenvalue weighted by Crippen LogP contribution is -2.36. The highest BCUT2D eigenvalue weighted by molar-refractivity contribution is 7.91. The number of carbonyl (C=O) groups excluding carboxylic acids is 1. The van der Waals surface area contributed by atoms with Crippen molar-refractivity contribution in [2.45, 2.75) is 30.6 Å². The smallest absolute Gasteiger partial charge is 0.223 e. The Hall–Kier alpha value is -1.76. The molecular weight excluding hydrogens is 318 g/mol. The van der Waals surface area contributed by atoms with Gasteiger partial charge in [-0.05, 0) is 31.4 Å². The Morgan fingerprint density at radius 1 is 1.04 bits per heavy atom. The number of ether oxygens (including phenoxy) is 2. The number of carbonyl (C=O) groups is 1. The van der Waals surface area contributed by atoms with Crippen molar-refractivity contribution in [3.8, 4) is 11.5 Å². The zero-order valence-corrected chi connectivity index (χ0v) is 13.8. The third kappa shape index (κ3) is 3.77. The molecule has 0 saturated carbocycles. The topological polar surface area (TPSA) is 72.9 Å². The molecule has 0 N–H and O–H groups in total. The molecule has 3 rings (SSSR count). The zero-order chi connectivity index (χ0) is 16.3. The average Bonchev–Trinajstić information content (AvgIpc) is 2.60. The van der Waals surface area contributed by atoms with Crippen LogP contribution >= 0.6 is 0 Å². The van der Waals surface area contributed by atoms with Crippen LogP contribution in [0.5, 0.6) is 11.5 Å². The molecule has 7 heteroatoms. The summed E-state index contributed by atoms with van der Waals surface area (Å²) < 4.78 is 35.7. The fourth-order valence-corrected chi connectivity index (χ4v) is 4.10. The molecule has 0 aromatic heterocycles. The van der Waals surface area contributed by atoms with Crippen molar-refractivity contribution in [2.75, 3.05) is 32.1 Å². The SMILES string of the molecule is O=C(CCS(=O)(=O)c1ccc2c(c1)OCCO2)N1CCCCC1. The van der Waals surface area contributed by atoms with Gasteiger partial charge >= 0.3 is 0 Å². The van der Waals surface area contributed by atoms with Crippen LogP contribution in [0.15, 0.2) is 23.1 Å². The van der Waals surface area contributed by atoms with Gasteiger partial charge < -0.3 is 14.4 Å². The van der Waals surface area contributed by atoms with Crippen molar-refractivity contribution >= 4 is 15.7 Å². The van der Waals surface area contributed by atoms with E-state index in [-0.39, 0.29) is 23.0 Å². The number of hydrogen-bond donors (Lipinski definition) is 0. The second-order valence-electron chi connectivity index (χ2n) is 5.82. The molecule has 2 aliphatic heterocycles. The molecule has 6 nitrogen and oxygen atoms in total. The van der Waals surface area contributed by atoms with Crippen LogP contribution in [0.3, 0.4) is 0 Å². The van der Waals surface area contributed by atoms with Gasteiger partial charge in [0.25, 0.3) is 0 Å². The van der Waals surface area contributed by atoms with Crippen LogP contribution in [-0.2, 0) is 14.6 Å². The minimum Gasteiger partial charge on any atom is -0.486 e. The Labute approximate surface area is 136 Å². The third-order valence-electron chi connectivity index (χ3n) is 4.17. The lowest BCUT2D eigenvalue weighted by Gasteiger charge is -2.26. The Morgan fingerprint density at radius 3 is 2.48 bits per heavy atom. The van der Waals surface area contributed by atoms with Gasteiger partial charge in [-0.3, -0.25) is 4.79 Å². The number of nitrogens with zero attached hydrogens (tertiary/aromatic N) is 1. The van der Waals surface area contributed by atoms with Crippen molar-refractivity contribution in [1.82, 2.24) is 4.90 Å². The van der Waals surface area contributed by atoms with E-state index >= 15 is 0 Å². The van der Waals surface area contributed by atoms with Crippen LogP contribution in [0.4, 0.5) is 0 Å². The van der Waals surface area contributed by atoms with Crippen molar-refractivity contribution < 1.29 is 22.7 Å². The van der Waals surface area contributed by atoms with E-state index in [9.17, 15) is 13.2 Å². The van der Waals surface area contributed by atoms with Crippen LogP contribution in [0.25, 0.3) is 0 Å². The van der Waals surface area contributed by atoms with Gasteiger partial charge in [0.1, 0.15) is 13.2 Å². The summed E-state index contributed by atoms with van der Waals surface area (Å²) in [4.78, 5) is 14.1. The van der Waals surface area contributed by atoms with Gasteiger partial charge in [0.2, 0.25) is 5.91 Å². The van der Waals surface area contributed by atoms with E-state index in [2.05, 4.69) is 0 Å². The number of benzene rings is 1. The average molecular weight is 339 g/mol. The maximum absolute atomic E-state index is 12.4. The molecule has 0 aliphatic carbocycles. The quantitative estimate of drug-likeness (QED) is 0.834. The van der Waals surface area contributed by atoms with Crippen molar-refractivity contribution in [1.29, 1.82) is 0 Å². The summed E-state index contributed by atoms with van der Waals surface area (Å²) >= 11 is 0. The maximum atomic E-state index is 12.4. The fourth-order valence-electron chi connectivity index (χ4n) is 2.86. The highest BCUT2D eigenvalue weighted by Gasteiger charge is 2.23. The van der Waals surface area contributed by atoms with Gasteiger partial charge in [0.15, 0.2) is 21.3 Å². The standard InChI is InChI=1S/C16H21NO5S/c18-16(17-7-2-1-3-8-17)6-11-23(19,20)13-4-5-14-15(12-13)22-10-9-21-14/h4-5,12H,1-3,6-11H2. The molecule has 2 heterocycles. The van der Waals surface area contributed by atoms with Gasteiger partial charge in [-0.2, -0.15) is 0 Å². The number of rotatable bonds is 4. The summed E-state index contributed by atoms with van der Waals surface area (Å²) in [5.41, 5.74) is 0. The molecule has 0 spiro atoms. The first kappa shape index (κ1) is 16.1. The Kier molecular flexibility index (Phi) is 4.75. The Balaban J connectivity index is 1.65. The van der Waals surface area contributed by atoms with Crippen molar-refractivity contribution in [2.24, 2.45) is 0 Å². The summed E-state index contributed by atoms with van der Waals surface area (Å²) in [6, 6.07) is 4.59. The maximum Gasteiger partial charge on any atom is 0.223 e. The second-order valence-corrected chi connectivity index (χ2v) is 7.92. The first-order valence-electron chi connectivity index (χ1n) is 7.96. The molecule has 0 unspecified atom stereocenters. The number of sulfone groups is 1. The first-order valence-corrected chi connectivity index (χ1v) is 9.62. The van der Waals surface area contributed by atoms with Gasteiger partial charge in [-0.15, -0.1) is 0 Å². The predicted molar refractivity (Wildman–Crippen MR) is 84.5 cm³/mol. The Morgan fingerprint density at radius 2 is 1.74 bits per heavy atom. The van der Waals surface area contributed by atoms with Crippen LogP contribution in [0.1, 0.15) is 25.7 Å². The third-order valence-corrected chi connectivity index (χ3v) is 5.88. The van der Waals surface area contributed by atoms with Gasteiger partial charge in [-0.1, -0.05) is 0 Å². The van der Waals surface area contributed by atoms with Crippen LogP contribution in [-0.4, -0.2) is 51.3 Å². The van der Waals surface area contributed by atoms with Gasteiger partial charge in [0, 0.05) is 25.6 Å². The monoisotopic (exact) mass is 339 g/mol. The molecule has 0 radical (unpaired) electrons. The van der Waals surface area contributed by atoms with Gasteiger partial charge in [-0.25, -0.2) is 8.42 Å². The molecule has 1 aromatic carbocycles. The fraction of sp³-hybridized carbons (Fsp3) is 0.562. The number of likely N-dealkylation sites (tertiary alicyclic amines) is 1. The Bertz CT molecular complexity index is 680. The van der Waals surface area contributed by atoms with E-state index < -0.39 is 9.84 Å². The molecule has 126 valence electrons. The summed E-state index contributed by atoms with van der Waals surface area (Å²) in [7, 11) is -3.51. The van der Waals surface area contributed by atoms with Crippen LogP contribution < -0.4 is 9.47 Å². The number of hydrogen-bond acceptors (Lipinski definition) is 5. The lowest BCUT2D eigenvalue weighted by atomic mass is 10.1. The molecule has 23 heavy (non-hydrogen) atoms. The normalized spacial score (nSPS) is 17.8. The highest BCUT2D eigenvalue weighted by atomic mass is 32.2. The van der Waals surface area contributed by atoms with E-state index in [0.29, 0.717) is 24.7 Å². The second kappa shape index (κ2) is 6.78. The molecule has 1 aromatic rings. The van der Waals surface area contributed by atoms with Crippen molar-refractivity contribution in [3.63, 3.8) is 0 Å². The molecule has 0 bridgehead atoms. The van der Waals surface area contributed by atoms with Crippen LogP contribution in [0, 0.1) is 0 Å². The van der Waals surface area contributed by atoms with E-state index in [0.717, 1.165) is 32.4 Å². The summed E-state index contributed by atoms with van der Waals surface area (Å²) in [6.07, 6.45) is 3.16. The highest BCUT2D eigenvalue weighted by Crippen LogP contribution is 2.32. The zero-order valence-electron chi connectivity index (χ0n) is 13.0. The molecule has 1 fully saturated rings. The molecule has 1 saturated heterocycles. The van der Waals surface area contributed by atoms with Crippen molar-refractivity contribution in [3.05, 3.63) is 18.2 Å². The summed E-state index contributed by atoms with van der Waals surface area (Å²) in [6.45, 7) is 2.35. The molecule has 1 amide bonds. The number of fused-ring (bicyclic) bond motifs is 1. The minimum absolute atomic E-state index is 0.0246. The number of piperidine rings is 1.